The molecular weight excluding hydrogens is 185 g/mol. The molecule has 68 valence electrons. The number of hydrogen-bond acceptors (Lipinski definition) is 3. The van der Waals surface area contributed by atoms with Gasteiger partial charge in [0.15, 0.2) is 9.84 Å². The lowest BCUT2D eigenvalue weighted by Crippen LogP contribution is -2.25. The van der Waals surface area contributed by atoms with Gasteiger partial charge in [0.1, 0.15) is 5.75 Å². The zero-order chi connectivity index (χ0) is 9.12. The van der Waals surface area contributed by atoms with Crippen molar-refractivity contribution in [1.82, 2.24) is 0 Å². The maximum atomic E-state index is 11.4. The van der Waals surface area contributed by atoms with Gasteiger partial charge < -0.3 is 5.11 Å². The molecule has 0 aliphatic carbocycles. The van der Waals surface area contributed by atoms with E-state index in [0.29, 0.717) is 0 Å². The summed E-state index contributed by atoms with van der Waals surface area (Å²) in [5.41, 5.74) is 0. The standard InChI is InChI=1S/C4H7F3O3S/c5-4(6,7)3-11(9,10)2-1-8/h8H,1-3H2. The molecule has 0 aromatic rings. The summed E-state index contributed by atoms with van der Waals surface area (Å²) in [6.07, 6.45) is -4.71. The van der Waals surface area contributed by atoms with Gasteiger partial charge in [0, 0.05) is 0 Å². The van der Waals surface area contributed by atoms with Crippen molar-refractivity contribution in [2.45, 2.75) is 6.18 Å². The summed E-state index contributed by atoms with van der Waals surface area (Å²) >= 11 is 0. The first kappa shape index (κ1) is 10.7. The molecule has 3 nitrogen and oxygen atoms in total. The minimum atomic E-state index is -4.71. The van der Waals surface area contributed by atoms with Crippen molar-refractivity contribution < 1.29 is 26.7 Å². The van der Waals surface area contributed by atoms with Gasteiger partial charge in [-0.25, -0.2) is 8.42 Å². The largest absolute Gasteiger partial charge is 0.402 e. The first-order chi connectivity index (χ1) is 4.77. The van der Waals surface area contributed by atoms with E-state index in [1.54, 1.807) is 0 Å². The number of aliphatic hydroxyl groups excluding tert-OH is 1. The molecule has 7 heteroatoms. The number of alkyl halides is 3. The number of sulfone groups is 1. The smallest absolute Gasteiger partial charge is 0.395 e. The minimum Gasteiger partial charge on any atom is -0.395 e. The van der Waals surface area contributed by atoms with Crippen molar-refractivity contribution in [3.8, 4) is 0 Å². The lowest BCUT2D eigenvalue weighted by Gasteiger charge is -2.05. The van der Waals surface area contributed by atoms with Crippen LogP contribution in [-0.2, 0) is 9.84 Å². The number of hydrogen-bond donors (Lipinski definition) is 1. The molecule has 0 amide bonds. The third kappa shape index (κ3) is 6.11. The fourth-order valence-electron chi connectivity index (χ4n) is 0.461. The molecule has 0 aliphatic rings. The summed E-state index contributed by atoms with van der Waals surface area (Å²) in [6, 6.07) is 0. The van der Waals surface area contributed by atoms with Crippen molar-refractivity contribution in [2.75, 3.05) is 18.1 Å². The fraction of sp³-hybridized carbons (Fsp3) is 1.00. The van der Waals surface area contributed by atoms with Gasteiger partial charge in [-0.3, -0.25) is 0 Å². The second kappa shape index (κ2) is 3.40. The highest BCUT2D eigenvalue weighted by Gasteiger charge is 2.34. The Morgan fingerprint density at radius 1 is 1.27 bits per heavy atom. The molecule has 0 saturated heterocycles. The first-order valence-electron chi connectivity index (χ1n) is 2.65. The van der Waals surface area contributed by atoms with Crippen molar-refractivity contribution in [2.24, 2.45) is 0 Å². The zero-order valence-electron chi connectivity index (χ0n) is 5.43. The highest BCUT2D eigenvalue weighted by molar-refractivity contribution is 7.91. The second-order valence-electron chi connectivity index (χ2n) is 1.93. The van der Waals surface area contributed by atoms with Gasteiger partial charge in [-0.05, 0) is 0 Å². The van der Waals surface area contributed by atoms with Crippen LogP contribution in [0.5, 0.6) is 0 Å². The number of aliphatic hydroxyl groups is 1. The molecule has 0 heterocycles. The van der Waals surface area contributed by atoms with Crippen LogP contribution in [0.2, 0.25) is 0 Å². The molecule has 11 heavy (non-hydrogen) atoms. The van der Waals surface area contributed by atoms with Crippen LogP contribution in [0.1, 0.15) is 0 Å². The van der Waals surface area contributed by atoms with E-state index >= 15 is 0 Å². The molecule has 0 rings (SSSR count). The van der Waals surface area contributed by atoms with Crippen LogP contribution in [0.4, 0.5) is 13.2 Å². The quantitative estimate of drug-likeness (QED) is 0.682. The average molecular weight is 192 g/mol. The molecule has 0 saturated carbocycles. The normalized spacial score (nSPS) is 13.5. The van der Waals surface area contributed by atoms with Gasteiger partial charge in [0.05, 0.1) is 12.4 Å². The zero-order valence-corrected chi connectivity index (χ0v) is 6.24. The summed E-state index contributed by atoms with van der Waals surface area (Å²) in [6.45, 7) is -0.779. The van der Waals surface area contributed by atoms with E-state index in [2.05, 4.69) is 0 Å². The van der Waals surface area contributed by atoms with Crippen LogP contribution in [0.25, 0.3) is 0 Å². The average Bonchev–Trinajstić information content (AvgIpc) is 1.55. The Balaban J connectivity index is 4.15. The molecule has 0 radical (unpaired) electrons. The van der Waals surface area contributed by atoms with Crippen molar-refractivity contribution >= 4 is 9.84 Å². The fourth-order valence-corrected chi connectivity index (χ4v) is 1.38. The molecule has 1 N–H and O–H groups in total. The summed E-state index contributed by atoms with van der Waals surface area (Å²) < 4.78 is 55.0. The van der Waals surface area contributed by atoms with Crippen LogP contribution in [0, 0.1) is 0 Å². The molecule has 0 aromatic carbocycles. The second-order valence-corrected chi connectivity index (χ2v) is 4.11. The minimum absolute atomic E-state index is 0.779. The van der Waals surface area contributed by atoms with Gasteiger partial charge >= 0.3 is 6.18 Å². The molecule has 0 unspecified atom stereocenters. The lowest BCUT2D eigenvalue weighted by atomic mass is 10.8. The van der Waals surface area contributed by atoms with E-state index < -0.39 is 34.1 Å². The molecule has 0 aliphatic heterocycles. The summed E-state index contributed by atoms with van der Waals surface area (Å²) in [7, 11) is -4.16. The van der Waals surface area contributed by atoms with E-state index in [4.69, 9.17) is 5.11 Å². The summed E-state index contributed by atoms with van der Waals surface area (Å²) in [5.74, 6) is -2.70. The first-order valence-corrected chi connectivity index (χ1v) is 4.47. The Hall–Kier alpha value is -0.300. The van der Waals surface area contributed by atoms with Crippen LogP contribution in [0.3, 0.4) is 0 Å². The summed E-state index contributed by atoms with van der Waals surface area (Å²) in [5, 5.41) is 8.05. The molecule has 0 aromatic heterocycles. The van der Waals surface area contributed by atoms with E-state index in [1.807, 2.05) is 0 Å². The van der Waals surface area contributed by atoms with E-state index in [1.165, 1.54) is 0 Å². The van der Waals surface area contributed by atoms with Crippen molar-refractivity contribution in [1.29, 1.82) is 0 Å². The van der Waals surface area contributed by atoms with Gasteiger partial charge in [-0.2, -0.15) is 13.2 Å². The van der Waals surface area contributed by atoms with E-state index in [9.17, 15) is 21.6 Å². The maximum Gasteiger partial charge on any atom is 0.402 e. The van der Waals surface area contributed by atoms with Crippen LogP contribution in [0.15, 0.2) is 0 Å². The topological polar surface area (TPSA) is 54.4 Å². The van der Waals surface area contributed by atoms with Crippen LogP contribution in [-0.4, -0.2) is 37.8 Å². The number of rotatable bonds is 3. The van der Waals surface area contributed by atoms with E-state index in [-0.39, 0.29) is 0 Å². The van der Waals surface area contributed by atoms with Gasteiger partial charge in [-0.1, -0.05) is 0 Å². The maximum absolute atomic E-state index is 11.4. The SMILES string of the molecule is O=S(=O)(CCO)CC(F)(F)F. The predicted octanol–water partition coefficient (Wildman–Crippen LogP) is -0.0442. The lowest BCUT2D eigenvalue weighted by molar-refractivity contribution is -0.106. The van der Waals surface area contributed by atoms with Gasteiger partial charge in [-0.15, -0.1) is 0 Å². The van der Waals surface area contributed by atoms with Gasteiger partial charge in [0.25, 0.3) is 0 Å². The molecular formula is C4H7F3O3S. The Labute approximate surface area is 61.8 Å². The number of halogens is 3. The summed E-state index contributed by atoms with van der Waals surface area (Å²) in [4.78, 5) is 0. The Morgan fingerprint density at radius 2 is 1.73 bits per heavy atom. The molecule has 0 fully saturated rings. The third-order valence-electron chi connectivity index (χ3n) is 0.786. The van der Waals surface area contributed by atoms with Gasteiger partial charge in [0.2, 0.25) is 0 Å². The predicted molar refractivity (Wildman–Crippen MR) is 31.8 cm³/mol. The Bertz CT molecular complexity index is 205. The molecule has 0 atom stereocenters. The molecule has 0 spiro atoms. The van der Waals surface area contributed by atoms with Crippen LogP contribution >= 0.6 is 0 Å². The Kier molecular flexibility index (Phi) is 3.30. The van der Waals surface area contributed by atoms with Crippen LogP contribution < -0.4 is 0 Å². The molecule has 0 bridgehead atoms. The highest BCUT2D eigenvalue weighted by Crippen LogP contribution is 2.17. The highest BCUT2D eigenvalue weighted by atomic mass is 32.2. The van der Waals surface area contributed by atoms with E-state index in [0.717, 1.165) is 0 Å². The Morgan fingerprint density at radius 3 is 2.00 bits per heavy atom. The third-order valence-corrected chi connectivity index (χ3v) is 2.36. The monoisotopic (exact) mass is 192 g/mol. The van der Waals surface area contributed by atoms with Crippen molar-refractivity contribution in [3.05, 3.63) is 0 Å². The van der Waals surface area contributed by atoms with Crippen molar-refractivity contribution in [3.63, 3.8) is 0 Å².